The van der Waals surface area contributed by atoms with Gasteiger partial charge in [0.1, 0.15) is 0 Å². The molecule has 9 rings (SSSR count). The molecule has 0 fully saturated rings. The third-order valence-electron chi connectivity index (χ3n) is 14.2. The quantitative estimate of drug-likeness (QED) is 0.126. The Hall–Kier alpha value is -3.53. The molecular weight excluding hydrogens is 974 g/mol. The van der Waals surface area contributed by atoms with E-state index in [1.54, 1.807) is 0 Å². The first-order chi connectivity index (χ1) is 29.4. The number of allylic oxidation sites excluding steroid dienone is 2. The molecule has 4 heteroatoms. The Morgan fingerprint density at radius 3 is 1.35 bits per heavy atom. The molecule has 62 heavy (non-hydrogen) atoms. The summed E-state index contributed by atoms with van der Waals surface area (Å²) >= 11 is -5.98. The van der Waals surface area contributed by atoms with Crippen molar-refractivity contribution >= 4 is 52.5 Å². The number of benzene rings is 6. The molecule has 2 aliphatic carbocycles. The molecule has 0 nitrogen and oxygen atoms in total. The number of hydrogen-bond acceptors (Lipinski definition) is 0. The molecule has 317 valence electrons. The van der Waals surface area contributed by atoms with Gasteiger partial charge in [0.2, 0.25) is 0 Å². The van der Waals surface area contributed by atoms with Crippen molar-refractivity contribution in [2.75, 3.05) is 0 Å². The van der Waals surface area contributed by atoms with Gasteiger partial charge < -0.3 is 0 Å². The number of fused-ring (bicyclic) bond motifs is 5. The molecule has 6 aromatic rings. The Bertz CT molecular complexity index is 2670. The van der Waals surface area contributed by atoms with Crippen LogP contribution in [0, 0.1) is 22.7 Å². The molecule has 2 unspecified atom stereocenters. The monoisotopic (exact) mass is 1040 g/mol. The second kappa shape index (κ2) is 15.9. The predicted octanol–water partition coefficient (Wildman–Crippen LogP) is 14.5. The van der Waals surface area contributed by atoms with E-state index in [4.69, 9.17) is 0 Å². The summed E-state index contributed by atoms with van der Waals surface area (Å²) in [6, 6.07) is 48.3. The van der Waals surface area contributed by atoms with Gasteiger partial charge in [-0.3, -0.25) is 0 Å². The van der Waals surface area contributed by atoms with Crippen molar-refractivity contribution in [2.24, 2.45) is 22.7 Å². The third kappa shape index (κ3) is 7.19. The third-order valence-corrected chi connectivity index (χ3v) is 45.5. The van der Waals surface area contributed by atoms with Crippen LogP contribution >= 0.6 is 17.2 Å². The van der Waals surface area contributed by atoms with Gasteiger partial charge in [-0.25, -0.2) is 0 Å². The van der Waals surface area contributed by atoms with Crippen LogP contribution in [0.1, 0.15) is 110 Å². The molecule has 0 amide bonds. The first kappa shape index (κ1) is 43.7. The molecule has 0 radical (unpaired) electrons. The molecule has 0 saturated heterocycles. The summed E-state index contributed by atoms with van der Waals surface area (Å²) in [7, 11) is 18.2. The van der Waals surface area contributed by atoms with Crippen LogP contribution in [0.4, 0.5) is 0 Å². The second-order valence-electron chi connectivity index (χ2n) is 21.5. The van der Waals surface area contributed by atoms with Crippen molar-refractivity contribution in [3.05, 3.63) is 172 Å². The van der Waals surface area contributed by atoms with Crippen molar-refractivity contribution in [3.63, 3.8) is 0 Å². The zero-order valence-corrected chi connectivity index (χ0v) is 45.0. The van der Waals surface area contributed by atoms with Gasteiger partial charge in [0, 0.05) is 0 Å². The van der Waals surface area contributed by atoms with Crippen LogP contribution in [0.25, 0.3) is 45.5 Å². The van der Waals surface area contributed by atoms with E-state index in [1.807, 2.05) is 0 Å². The molecule has 1 aliphatic heterocycles. The average molecular weight is 1040 g/mol. The molecule has 6 aromatic carbocycles. The van der Waals surface area contributed by atoms with Gasteiger partial charge in [0.15, 0.2) is 0 Å². The van der Waals surface area contributed by atoms with Crippen molar-refractivity contribution in [2.45, 2.75) is 89.4 Å². The zero-order valence-electron chi connectivity index (χ0n) is 38.5. The van der Waals surface area contributed by atoms with E-state index in [1.165, 1.54) is 91.6 Å². The fourth-order valence-electron chi connectivity index (χ4n) is 11.6. The fraction of sp³-hybridized carbons (Fsp3) is 0.310. The molecule has 2 atom stereocenters. The molecule has 0 bridgehead atoms. The van der Waals surface area contributed by atoms with Crippen LogP contribution in [-0.4, -0.2) is 9.52 Å². The topological polar surface area (TPSA) is 0 Å². The van der Waals surface area contributed by atoms with Gasteiger partial charge in [-0.05, 0) is 0 Å². The second-order valence-corrected chi connectivity index (χ2v) is 52.6. The van der Waals surface area contributed by atoms with Gasteiger partial charge in [0.05, 0.1) is 0 Å². The van der Waals surface area contributed by atoms with E-state index in [0.29, 0.717) is 11.8 Å². The van der Waals surface area contributed by atoms with Gasteiger partial charge in [-0.15, -0.1) is 0 Å². The Labute approximate surface area is 383 Å². The molecule has 3 aliphatic rings. The maximum atomic E-state index is 9.54. The number of halogens is 2. The summed E-state index contributed by atoms with van der Waals surface area (Å²) in [6.07, 6.45) is 7.15. The summed E-state index contributed by atoms with van der Waals surface area (Å²) in [5.41, 5.74) is 18.3. The minimum absolute atomic E-state index is 0.148. The minimum atomic E-state index is -5.98. The van der Waals surface area contributed by atoms with Crippen LogP contribution < -0.4 is 13.7 Å². The number of hydrogen-bond donors (Lipinski definition) is 0. The molecule has 1 heterocycles. The van der Waals surface area contributed by atoms with E-state index in [9.17, 15) is 17.2 Å². The Kier molecular flexibility index (Phi) is 11.2. The molecule has 0 saturated carbocycles. The fourth-order valence-corrected chi connectivity index (χ4v) is 51.2. The summed E-state index contributed by atoms with van der Waals surface area (Å²) in [5.74, 6) is 1.08. The average Bonchev–Trinajstić information content (AvgIpc) is 3.94. The first-order valence-electron chi connectivity index (χ1n) is 23.0. The van der Waals surface area contributed by atoms with Gasteiger partial charge >= 0.3 is 386 Å². The van der Waals surface area contributed by atoms with Crippen molar-refractivity contribution in [1.29, 1.82) is 0 Å². The van der Waals surface area contributed by atoms with Gasteiger partial charge in [-0.1, -0.05) is 0 Å². The van der Waals surface area contributed by atoms with Crippen LogP contribution in [-0.2, 0) is 29.0 Å². The van der Waals surface area contributed by atoms with Crippen molar-refractivity contribution in [1.82, 2.24) is 0 Å². The summed E-state index contributed by atoms with van der Waals surface area (Å²) in [6.45, 7) is 23.6. The summed E-state index contributed by atoms with van der Waals surface area (Å²) in [4.78, 5) is 0. The number of rotatable bonds is 9. The van der Waals surface area contributed by atoms with Crippen LogP contribution in [0.15, 0.2) is 139 Å². The molecule has 0 N–H and O–H groups in total. The Balaban J connectivity index is 1.39. The van der Waals surface area contributed by atoms with Crippen LogP contribution in [0.2, 0.25) is 0 Å². The standard InChI is InChI=1S/2C23H27.C12H9Si.2ClH.Hf/c2*1-16(2)13-17-9-6-7-11-20(17)21-12-8-10-18-14-19(15-22(18)21)23(3,4)5;1-3-7-11-9(5-1)10-6-2-4-8-12(10)13-11;;;/h2*6-12,14-16H,13H2,1-5H3;1-7H,13H2;2*1H;/q;;;;;+2/p-2. The first-order valence-corrected chi connectivity index (χ1v) is 39.3. The Morgan fingerprint density at radius 1 is 0.484 bits per heavy atom. The van der Waals surface area contributed by atoms with E-state index >= 15 is 0 Å². The van der Waals surface area contributed by atoms with Gasteiger partial charge in [-0.2, -0.15) is 0 Å². The summed E-state index contributed by atoms with van der Waals surface area (Å²) in [5, 5.41) is 2.96. The van der Waals surface area contributed by atoms with E-state index < -0.39 is 25.7 Å². The SMILES string of the molecule is CC(C)Cc1ccccc1-c1cccc2c1C=C(C(C)(C)C)[CH]2[Hf]([Cl])([Cl])([c]1cccc2c1[SiH2]c1ccccc1-2)[CH]1C(C(C)(C)C)=Cc2c(-c3ccccc3CC(C)C)cccc21. The molecular formula is C58H63Cl2HfSi. The van der Waals surface area contributed by atoms with E-state index in [2.05, 4.69) is 209 Å². The van der Waals surface area contributed by atoms with Crippen molar-refractivity contribution in [3.8, 4) is 33.4 Å². The van der Waals surface area contributed by atoms with E-state index in [0.717, 1.165) is 12.8 Å². The normalized spacial score (nSPS) is 18.0. The zero-order chi connectivity index (χ0) is 44.0. The van der Waals surface area contributed by atoms with Crippen LogP contribution in [0.5, 0.6) is 0 Å². The molecule has 0 aromatic heterocycles. The Morgan fingerprint density at radius 2 is 0.887 bits per heavy atom. The maximum absolute atomic E-state index is 9.54. The van der Waals surface area contributed by atoms with Crippen LogP contribution in [0.3, 0.4) is 0 Å². The molecule has 0 spiro atoms. The van der Waals surface area contributed by atoms with Gasteiger partial charge in [0.25, 0.3) is 0 Å². The predicted molar refractivity (Wildman–Crippen MR) is 272 cm³/mol. The summed E-state index contributed by atoms with van der Waals surface area (Å²) < 4.78 is 0.999. The van der Waals surface area contributed by atoms with E-state index in [-0.39, 0.29) is 18.2 Å². The van der Waals surface area contributed by atoms with Crippen molar-refractivity contribution < 1.29 is 16.1 Å².